The van der Waals surface area contributed by atoms with Crippen LogP contribution in [0.15, 0.2) is 40.9 Å². The van der Waals surface area contributed by atoms with Crippen LogP contribution in [0.25, 0.3) is 11.3 Å². The number of nitrogens with zero attached hydrogens (tertiary/aromatic N) is 1. The molecule has 1 aliphatic carbocycles. The standard InChI is InChI=1S/C13H13NO/c1-2-5-10(6-3-1)12-9-14-13(15-12)11-7-4-8-11/h1-3,5-6,9,11H,4,7-8H2. The van der Waals surface area contributed by atoms with E-state index in [1.54, 1.807) is 0 Å². The molecular weight excluding hydrogens is 186 g/mol. The molecule has 2 heteroatoms. The molecule has 0 N–H and O–H groups in total. The van der Waals surface area contributed by atoms with E-state index in [1.165, 1.54) is 19.3 Å². The van der Waals surface area contributed by atoms with Gasteiger partial charge >= 0.3 is 0 Å². The Morgan fingerprint density at radius 1 is 1.13 bits per heavy atom. The van der Waals surface area contributed by atoms with Crippen LogP contribution in [0.1, 0.15) is 31.1 Å². The second-order valence-corrected chi connectivity index (χ2v) is 4.06. The SMILES string of the molecule is c1ccc(-c2cnc(C3CCC3)o2)cc1. The molecule has 0 unspecified atom stereocenters. The maximum atomic E-state index is 5.76. The second-order valence-electron chi connectivity index (χ2n) is 4.06. The molecule has 0 spiro atoms. The molecule has 1 heterocycles. The van der Waals surface area contributed by atoms with Crippen molar-refractivity contribution in [2.45, 2.75) is 25.2 Å². The van der Waals surface area contributed by atoms with Gasteiger partial charge < -0.3 is 4.42 Å². The summed E-state index contributed by atoms with van der Waals surface area (Å²) in [6.07, 6.45) is 5.61. The van der Waals surface area contributed by atoms with E-state index in [1.807, 2.05) is 36.5 Å². The fourth-order valence-corrected chi connectivity index (χ4v) is 1.87. The predicted octanol–water partition coefficient (Wildman–Crippen LogP) is 3.61. The van der Waals surface area contributed by atoms with Crippen molar-refractivity contribution in [1.29, 1.82) is 0 Å². The molecule has 1 saturated carbocycles. The third kappa shape index (κ3) is 1.56. The largest absolute Gasteiger partial charge is 0.440 e. The molecule has 1 fully saturated rings. The first-order valence-corrected chi connectivity index (χ1v) is 5.44. The van der Waals surface area contributed by atoms with Gasteiger partial charge in [0.25, 0.3) is 0 Å². The Bertz CT molecular complexity index is 443. The lowest BCUT2D eigenvalue weighted by molar-refractivity contribution is 0.338. The summed E-state index contributed by atoms with van der Waals surface area (Å²) < 4.78 is 5.76. The van der Waals surface area contributed by atoms with Crippen LogP contribution in [-0.2, 0) is 0 Å². The average molecular weight is 199 g/mol. The molecular formula is C13H13NO. The van der Waals surface area contributed by atoms with Crippen LogP contribution in [0.2, 0.25) is 0 Å². The highest BCUT2D eigenvalue weighted by molar-refractivity contribution is 5.55. The molecule has 15 heavy (non-hydrogen) atoms. The zero-order chi connectivity index (χ0) is 10.1. The molecule has 1 aromatic carbocycles. The van der Waals surface area contributed by atoms with Crippen LogP contribution in [-0.4, -0.2) is 4.98 Å². The molecule has 0 atom stereocenters. The second kappa shape index (κ2) is 3.54. The van der Waals surface area contributed by atoms with E-state index in [0.717, 1.165) is 17.2 Å². The lowest BCUT2D eigenvalue weighted by Gasteiger charge is -2.21. The minimum absolute atomic E-state index is 0.572. The minimum atomic E-state index is 0.572. The summed E-state index contributed by atoms with van der Waals surface area (Å²) in [5.74, 6) is 2.38. The Hall–Kier alpha value is -1.57. The van der Waals surface area contributed by atoms with E-state index < -0.39 is 0 Å². The number of hydrogen-bond donors (Lipinski definition) is 0. The highest BCUT2D eigenvalue weighted by Crippen LogP contribution is 2.36. The molecule has 1 aromatic heterocycles. The van der Waals surface area contributed by atoms with E-state index in [0.29, 0.717) is 5.92 Å². The minimum Gasteiger partial charge on any atom is -0.440 e. The lowest BCUT2D eigenvalue weighted by Crippen LogP contribution is -2.08. The van der Waals surface area contributed by atoms with Crippen LogP contribution < -0.4 is 0 Å². The fourth-order valence-electron chi connectivity index (χ4n) is 1.87. The van der Waals surface area contributed by atoms with Crippen LogP contribution in [0, 0.1) is 0 Å². The molecule has 0 bridgehead atoms. The number of benzene rings is 1. The van der Waals surface area contributed by atoms with Crippen molar-refractivity contribution in [1.82, 2.24) is 4.98 Å². The first kappa shape index (κ1) is 8.72. The van der Waals surface area contributed by atoms with Crippen molar-refractivity contribution in [3.63, 3.8) is 0 Å². The molecule has 0 amide bonds. The maximum Gasteiger partial charge on any atom is 0.198 e. The molecule has 2 aromatic rings. The Balaban J connectivity index is 1.90. The van der Waals surface area contributed by atoms with E-state index >= 15 is 0 Å². The fraction of sp³-hybridized carbons (Fsp3) is 0.308. The van der Waals surface area contributed by atoms with E-state index in [2.05, 4.69) is 4.98 Å². The Labute approximate surface area is 89.0 Å². The smallest absolute Gasteiger partial charge is 0.198 e. The van der Waals surface area contributed by atoms with Crippen molar-refractivity contribution in [3.05, 3.63) is 42.4 Å². The normalized spacial score (nSPS) is 16.3. The van der Waals surface area contributed by atoms with Crippen molar-refractivity contribution in [2.75, 3.05) is 0 Å². The third-order valence-electron chi connectivity index (χ3n) is 3.04. The number of hydrogen-bond acceptors (Lipinski definition) is 2. The summed E-state index contributed by atoms with van der Waals surface area (Å²) >= 11 is 0. The van der Waals surface area contributed by atoms with Gasteiger partial charge in [-0.1, -0.05) is 36.8 Å². The zero-order valence-electron chi connectivity index (χ0n) is 8.52. The Kier molecular flexibility index (Phi) is 2.05. The number of aromatic nitrogens is 1. The zero-order valence-corrected chi connectivity index (χ0v) is 8.52. The first-order chi connectivity index (χ1) is 7.43. The van der Waals surface area contributed by atoms with E-state index in [-0.39, 0.29) is 0 Å². The molecule has 0 radical (unpaired) electrons. The van der Waals surface area contributed by atoms with Crippen molar-refractivity contribution >= 4 is 0 Å². The van der Waals surface area contributed by atoms with Crippen molar-refractivity contribution < 1.29 is 4.42 Å². The van der Waals surface area contributed by atoms with Crippen molar-refractivity contribution in [2.24, 2.45) is 0 Å². The lowest BCUT2D eigenvalue weighted by atomic mass is 9.85. The molecule has 76 valence electrons. The average Bonchev–Trinajstić information content (AvgIpc) is 2.66. The number of oxazole rings is 1. The highest BCUT2D eigenvalue weighted by Gasteiger charge is 2.24. The highest BCUT2D eigenvalue weighted by atomic mass is 16.4. The van der Waals surface area contributed by atoms with Gasteiger partial charge in [-0.25, -0.2) is 4.98 Å². The van der Waals surface area contributed by atoms with Gasteiger partial charge in [0.2, 0.25) is 0 Å². The van der Waals surface area contributed by atoms with Gasteiger partial charge in [-0.15, -0.1) is 0 Å². The topological polar surface area (TPSA) is 26.0 Å². The molecule has 2 nitrogen and oxygen atoms in total. The Morgan fingerprint density at radius 3 is 2.60 bits per heavy atom. The van der Waals surface area contributed by atoms with Crippen LogP contribution in [0.4, 0.5) is 0 Å². The molecule has 1 aliphatic rings. The monoisotopic (exact) mass is 199 g/mol. The van der Waals surface area contributed by atoms with Gasteiger partial charge in [0.15, 0.2) is 11.7 Å². The first-order valence-electron chi connectivity index (χ1n) is 5.44. The van der Waals surface area contributed by atoms with Gasteiger partial charge in [-0.2, -0.15) is 0 Å². The number of rotatable bonds is 2. The molecule has 3 rings (SSSR count). The van der Waals surface area contributed by atoms with Crippen LogP contribution in [0.5, 0.6) is 0 Å². The molecule has 0 saturated heterocycles. The summed E-state index contributed by atoms with van der Waals surface area (Å²) in [7, 11) is 0. The maximum absolute atomic E-state index is 5.76. The summed E-state index contributed by atoms with van der Waals surface area (Å²) in [5.41, 5.74) is 1.11. The van der Waals surface area contributed by atoms with Gasteiger partial charge in [0, 0.05) is 11.5 Å². The van der Waals surface area contributed by atoms with Crippen LogP contribution >= 0.6 is 0 Å². The van der Waals surface area contributed by atoms with E-state index in [9.17, 15) is 0 Å². The third-order valence-corrected chi connectivity index (χ3v) is 3.04. The van der Waals surface area contributed by atoms with Gasteiger partial charge in [-0.3, -0.25) is 0 Å². The van der Waals surface area contributed by atoms with Gasteiger partial charge in [-0.05, 0) is 12.8 Å². The summed E-state index contributed by atoms with van der Waals surface area (Å²) in [6, 6.07) is 10.1. The summed E-state index contributed by atoms with van der Waals surface area (Å²) in [6.45, 7) is 0. The van der Waals surface area contributed by atoms with Gasteiger partial charge in [0.05, 0.1) is 6.20 Å². The predicted molar refractivity (Wildman–Crippen MR) is 58.5 cm³/mol. The van der Waals surface area contributed by atoms with Crippen LogP contribution in [0.3, 0.4) is 0 Å². The van der Waals surface area contributed by atoms with Gasteiger partial charge in [0.1, 0.15) is 0 Å². The molecule has 0 aliphatic heterocycles. The van der Waals surface area contributed by atoms with Crippen molar-refractivity contribution in [3.8, 4) is 11.3 Å². The quantitative estimate of drug-likeness (QED) is 0.738. The Morgan fingerprint density at radius 2 is 1.93 bits per heavy atom. The summed E-state index contributed by atoms with van der Waals surface area (Å²) in [5, 5.41) is 0. The van der Waals surface area contributed by atoms with E-state index in [4.69, 9.17) is 4.42 Å². The summed E-state index contributed by atoms with van der Waals surface area (Å²) in [4.78, 5) is 4.35.